The van der Waals surface area contributed by atoms with Gasteiger partial charge in [0.05, 0.1) is 5.52 Å². The van der Waals surface area contributed by atoms with E-state index in [9.17, 15) is 4.79 Å². The highest BCUT2D eigenvalue weighted by atomic mass is 16.2. The SMILES string of the molecule is CNc1ccc(C(=O)N2CC[C@@H](Nc3ncc4ccccc4n3)C2)cc1. The summed E-state index contributed by atoms with van der Waals surface area (Å²) >= 11 is 0. The van der Waals surface area contributed by atoms with E-state index in [1.165, 1.54) is 0 Å². The lowest BCUT2D eigenvalue weighted by atomic mass is 10.2. The first kappa shape index (κ1) is 16.3. The van der Waals surface area contributed by atoms with E-state index in [1.807, 2.05) is 66.7 Å². The molecule has 6 heteroatoms. The molecule has 0 radical (unpaired) electrons. The molecule has 1 amide bonds. The van der Waals surface area contributed by atoms with Crippen molar-refractivity contribution in [2.24, 2.45) is 0 Å². The number of amides is 1. The average Bonchev–Trinajstić information content (AvgIpc) is 3.16. The summed E-state index contributed by atoms with van der Waals surface area (Å²) in [5, 5.41) is 7.44. The number of nitrogens with one attached hydrogen (secondary N) is 2. The zero-order valence-electron chi connectivity index (χ0n) is 14.6. The molecule has 26 heavy (non-hydrogen) atoms. The van der Waals surface area contributed by atoms with Crippen LogP contribution in [0.2, 0.25) is 0 Å². The summed E-state index contributed by atoms with van der Waals surface area (Å²) in [4.78, 5) is 23.5. The Labute approximate surface area is 152 Å². The minimum atomic E-state index is 0.0661. The first-order valence-electron chi connectivity index (χ1n) is 8.78. The Morgan fingerprint density at radius 2 is 1.96 bits per heavy atom. The molecule has 3 aromatic rings. The van der Waals surface area contributed by atoms with E-state index < -0.39 is 0 Å². The number of fused-ring (bicyclic) bond motifs is 1. The lowest BCUT2D eigenvalue weighted by Crippen LogP contribution is -2.31. The number of hydrogen-bond donors (Lipinski definition) is 2. The standard InChI is InChI=1S/C20H21N5O/c1-21-16-8-6-14(7-9-16)19(26)25-11-10-17(13-25)23-20-22-12-15-4-2-3-5-18(15)24-20/h2-9,12,17,21H,10-11,13H2,1H3,(H,22,23,24)/t17-/m1/s1. The van der Waals surface area contributed by atoms with Crippen LogP contribution in [0.15, 0.2) is 54.7 Å². The van der Waals surface area contributed by atoms with Gasteiger partial charge in [-0.2, -0.15) is 0 Å². The maximum atomic E-state index is 12.7. The molecule has 0 saturated carbocycles. The van der Waals surface area contributed by atoms with Crippen molar-refractivity contribution in [3.8, 4) is 0 Å². The van der Waals surface area contributed by atoms with Gasteiger partial charge >= 0.3 is 0 Å². The molecule has 1 aromatic heterocycles. The van der Waals surface area contributed by atoms with Gasteiger partial charge in [0, 0.05) is 49.0 Å². The second-order valence-corrected chi connectivity index (χ2v) is 6.46. The van der Waals surface area contributed by atoms with E-state index >= 15 is 0 Å². The molecule has 1 saturated heterocycles. The molecule has 1 fully saturated rings. The summed E-state index contributed by atoms with van der Waals surface area (Å²) in [6.45, 7) is 1.39. The Morgan fingerprint density at radius 1 is 1.15 bits per heavy atom. The lowest BCUT2D eigenvalue weighted by Gasteiger charge is -2.17. The van der Waals surface area contributed by atoms with Crippen molar-refractivity contribution in [2.75, 3.05) is 30.8 Å². The Bertz CT molecular complexity index is 925. The van der Waals surface area contributed by atoms with E-state index in [2.05, 4.69) is 20.6 Å². The van der Waals surface area contributed by atoms with E-state index in [4.69, 9.17) is 0 Å². The van der Waals surface area contributed by atoms with Crippen LogP contribution < -0.4 is 10.6 Å². The van der Waals surface area contributed by atoms with Gasteiger partial charge in [0.15, 0.2) is 0 Å². The number of likely N-dealkylation sites (tertiary alicyclic amines) is 1. The summed E-state index contributed by atoms with van der Waals surface area (Å²) in [5.41, 5.74) is 2.63. The van der Waals surface area contributed by atoms with Gasteiger partial charge in [0.2, 0.25) is 5.95 Å². The van der Waals surface area contributed by atoms with Crippen LogP contribution in [-0.4, -0.2) is 47.0 Å². The molecule has 6 nitrogen and oxygen atoms in total. The number of anilines is 2. The van der Waals surface area contributed by atoms with Crippen molar-refractivity contribution in [1.29, 1.82) is 0 Å². The predicted molar refractivity (Wildman–Crippen MR) is 103 cm³/mol. The van der Waals surface area contributed by atoms with Crippen molar-refractivity contribution < 1.29 is 4.79 Å². The van der Waals surface area contributed by atoms with Crippen LogP contribution in [0.4, 0.5) is 11.6 Å². The first-order chi connectivity index (χ1) is 12.7. The molecule has 2 aromatic carbocycles. The molecule has 132 valence electrons. The number of nitrogens with zero attached hydrogens (tertiary/aromatic N) is 3. The van der Waals surface area contributed by atoms with Gasteiger partial charge in [-0.1, -0.05) is 18.2 Å². The number of aromatic nitrogens is 2. The number of para-hydroxylation sites is 1. The first-order valence-corrected chi connectivity index (χ1v) is 8.78. The second-order valence-electron chi connectivity index (χ2n) is 6.46. The maximum absolute atomic E-state index is 12.7. The van der Waals surface area contributed by atoms with Crippen molar-refractivity contribution in [3.05, 3.63) is 60.3 Å². The van der Waals surface area contributed by atoms with E-state index in [0.717, 1.165) is 29.6 Å². The summed E-state index contributed by atoms with van der Waals surface area (Å²) in [5.74, 6) is 0.678. The molecule has 2 N–H and O–H groups in total. The summed E-state index contributed by atoms with van der Waals surface area (Å²) in [6.07, 6.45) is 2.71. The number of carbonyl (C=O) groups excluding carboxylic acids is 1. The Hall–Kier alpha value is -3.15. The molecule has 1 aliphatic rings. The fourth-order valence-electron chi connectivity index (χ4n) is 3.25. The number of benzene rings is 2. The summed E-state index contributed by atoms with van der Waals surface area (Å²) < 4.78 is 0. The minimum Gasteiger partial charge on any atom is -0.388 e. The molecule has 4 rings (SSSR count). The van der Waals surface area contributed by atoms with Crippen LogP contribution in [0, 0.1) is 0 Å². The number of carbonyl (C=O) groups is 1. The highest BCUT2D eigenvalue weighted by molar-refractivity contribution is 5.94. The third-order valence-electron chi connectivity index (χ3n) is 4.72. The second kappa shape index (κ2) is 7.00. The monoisotopic (exact) mass is 347 g/mol. The number of hydrogen-bond acceptors (Lipinski definition) is 5. The fraction of sp³-hybridized carbons (Fsp3) is 0.250. The van der Waals surface area contributed by atoms with Crippen molar-refractivity contribution in [3.63, 3.8) is 0 Å². The largest absolute Gasteiger partial charge is 0.388 e. The van der Waals surface area contributed by atoms with Crippen LogP contribution in [0.5, 0.6) is 0 Å². The third kappa shape index (κ3) is 3.31. The van der Waals surface area contributed by atoms with Crippen LogP contribution in [0.3, 0.4) is 0 Å². The van der Waals surface area contributed by atoms with Crippen molar-refractivity contribution in [1.82, 2.24) is 14.9 Å². The number of rotatable bonds is 4. The topological polar surface area (TPSA) is 70.2 Å². The zero-order chi connectivity index (χ0) is 17.9. The van der Waals surface area contributed by atoms with E-state index in [-0.39, 0.29) is 11.9 Å². The smallest absolute Gasteiger partial charge is 0.253 e. The van der Waals surface area contributed by atoms with E-state index in [0.29, 0.717) is 18.1 Å². The zero-order valence-corrected chi connectivity index (χ0v) is 14.6. The van der Waals surface area contributed by atoms with Gasteiger partial charge in [-0.3, -0.25) is 4.79 Å². The summed E-state index contributed by atoms with van der Waals surface area (Å²) in [7, 11) is 1.86. The molecule has 0 unspecified atom stereocenters. The van der Waals surface area contributed by atoms with E-state index in [1.54, 1.807) is 0 Å². The quantitative estimate of drug-likeness (QED) is 0.759. The highest BCUT2D eigenvalue weighted by Gasteiger charge is 2.27. The normalized spacial score (nSPS) is 16.7. The van der Waals surface area contributed by atoms with Gasteiger partial charge in [-0.25, -0.2) is 9.97 Å². The lowest BCUT2D eigenvalue weighted by molar-refractivity contribution is 0.0791. The predicted octanol–water partition coefficient (Wildman–Crippen LogP) is 3.00. The average molecular weight is 347 g/mol. The van der Waals surface area contributed by atoms with Crippen LogP contribution in [0.25, 0.3) is 10.9 Å². The van der Waals surface area contributed by atoms with Gasteiger partial charge in [-0.15, -0.1) is 0 Å². The third-order valence-corrected chi connectivity index (χ3v) is 4.72. The minimum absolute atomic E-state index is 0.0661. The molecular formula is C20H21N5O. The Balaban J connectivity index is 1.41. The molecule has 1 atom stereocenters. The van der Waals surface area contributed by atoms with Crippen molar-refractivity contribution >= 4 is 28.4 Å². The summed E-state index contributed by atoms with van der Waals surface area (Å²) in [6, 6.07) is 15.6. The van der Waals surface area contributed by atoms with Gasteiger partial charge in [0.25, 0.3) is 5.91 Å². The Kier molecular flexibility index (Phi) is 4.39. The van der Waals surface area contributed by atoms with Crippen LogP contribution in [0.1, 0.15) is 16.8 Å². The highest BCUT2D eigenvalue weighted by Crippen LogP contribution is 2.19. The van der Waals surface area contributed by atoms with Gasteiger partial charge in [-0.05, 0) is 36.8 Å². The molecular weight excluding hydrogens is 326 g/mol. The molecule has 0 bridgehead atoms. The molecule has 2 heterocycles. The van der Waals surface area contributed by atoms with Crippen molar-refractivity contribution in [2.45, 2.75) is 12.5 Å². The van der Waals surface area contributed by atoms with Gasteiger partial charge < -0.3 is 15.5 Å². The van der Waals surface area contributed by atoms with Crippen LogP contribution >= 0.6 is 0 Å². The van der Waals surface area contributed by atoms with Gasteiger partial charge in [0.1, 0.15) is 0 Å². The maximum Gasteiger partial charge on any atom is 0.253 e. The fourth-order valence-corrected chi connectivity index (χ4v) is 3.25. The molecule has 0 aliphatic carbocycles. The molecule has 1 aliphatic heterocycles. The Morgan fingerprint density at radius 3 is 2.77 bits per heavy atom. The van der Waals surface area contributed by atoms with Crippen LogP contribution in [-0.2, 0) is 0 Å². The molecule has 0 spiro atoms.